The number of amides is 1. The van der Waals surface area contributed by atoms with Crippen LogP contribution in [-0.2, 0) is 11.0 Å². The molecule has 0 saturated heterocycles. The summed E-state index contributed by atoms with van der Waals surface area (Å²) in [6.45, 7) is 1.77. The Balaban J connectivity index is 1.65. The second kappa shape index (κ2) is 8.57. The Morgan fingerprint density at radius 3 is 2.47 bits per heavy atom. The molecular weight excluding hydrogens is 393 g/mol. The maximum Gasteiger partial charge on any atom is 0.433 e. The molecule has 1 fully saturated rings. The van der Waals surface area contributed by atoms with Crippen LogP contribution in [0.2, 0.25) is 0 Å². The average molecular weight is 414 g/mol. The average Bonchev–Trinajstić information content (AvgIpc) is 2.73. The van der Waals surface area contributed by atoms with E-state index in [2.05, 4.69) is 21.2 Å². The summed E-state index contributed by atoms with van der Waals surface area (Å²) in [5.41, 5.74) is 8.13. The third kappa shape index (κ3) is 4.79. The Kier molecular flexibility index (Phi) is 6.11. The molecule has 2 aromatic rings. The Hall–Kier alpha value is -3.34. The Labute approximate surface area is 172 Å². The van der Waals surface area contributed by atoms with Crippen LogP contribution in [0, 0.1) is 12.3 Å². The van der Waals surface area contributed by atoms with Gasteiger partial charge in [-0.05, 0) is 62.3 Å². The van der Waals surface area contributed by atoms with Gasteiger partial charge in [-0.1, -0.05) is 17.6 Å². The lowest BCUT2D eigenvalue weighted by Crippen LogP contribution is -2.18. The molecule has 3 N–H and O–H groups in total. The normalized spacial score (nSPS) is 16.6. The summed E-state index contributed by atoms with van der Waals surface area (Å²) in [6.07, 6.45) is 4.96. The van der Waals surface area contributed by atoms with Gasteiger partial charge in [0.05, 0.1) is 11.9 Å². The van der Waals surface area contributed by atoms with Crippen LogP contribution in [0.4, 0.5) is 24.7 Å². The molecule has 1 saturated carbocycles. The fourth-order valence-electron chi connectivity index (χ4n) is 3.58. The predicted molar refractivity (Wildman–Crippen MR) is 108 cm³/mol. The lowest BCUT2D eigenvalue weighted by Gasteiger charge is -2.26. The van der Waals surface area contributed by atoms with E-state index in [0.717, 1.165) is 11.6 Å². The molecule has 0 bridgehead atoms. The number of aromatic nitrogens is 2. The number of anilines is 2. The molecule has 0 aliphatic heterocycles. The number of alkyl halides is 3. The van der Waals surface area contributed by atoms with Crippen molar-refractivity contribution in [2.45, 2.75) is 44.7 Å². The number of nitrogens with two attached hydrogens (primary N) is 1. The van der Waals surface area contributed by atoms with Crippen LogP contribution in [0.25, 0.3) is 0 Å². The summed E-state index contributed by atoms with van der Waals surface area (Å²) in [5, 5.41) is 2.80. The molecule has 3 rings (SSSR count). The van der Waals surface area contributed by atoms with Crippen molar-refractivity contribution >= 4 is 17.4 Å². The van der Waals surface area contributed by atoms with E-state index in [9.17, 15) is 18.0 Å². The summed E-state index contributed by atoms with van der Waals surface area (Å²) in [4.78, 5) is 20.1. The lowest BCUT2D eigenvalue weighted by atomic mass is 9.80. The van der Waals surface area contributed by atoms with Gasteiger partial charge in [-0.25, -0.2) is 9.97 Å². The van der Waals surface area contributed by atoms with Crippen LogP contribution in [0.3, 0.4) is 0 Å². The molecule has 0 radical (unpaired) electrons. The summed E-state index contributed by atoms with van der Waals surface area (Å²) < 4.78 is 38.3. The molecule has 0 spiro atoms. The molecule has 2 aromatic heterocycles. The maximum atomic E-state index is 12.8. The number of allylic oxidation sites excluding steroid dienone is 1. The Morgan fingerprint density at radius 1 is 1.23 bits per heavy atom. The lowest BCUT2D eigenvalue weighted by molar-refractivity contribution is -0.141. The number of rotatable bonds is 3. The number of carbonyl (C=O) groups is 1. The van der Waals surface area contributed by atoms with Crippen LogP contribution in [0.5, 0.6) is 0 Å². The molecule has 0 unspecified atom stereocenters. The van der Waals surface area contributed by atoms with Crippen molar-refractivity contribution in [3.63, 3.8) is 0 Å². The Bertz CT molecular complexity index is 1010. The first-order chi connectivity index (χ1) is 14.2. The third-order valence-corrected chi connectivity index (χ3v) is 5.32. The van der Waals surface area contributed by atoms with Gasteiger partial charge in [0.15, 0.2) is 0 Å². The van der Waals surface area contributed by atoms with Crippen LogP contribution < -0.4 is 11.1 Å². The number of hydrogen-bond donors (Lipinski definition) is 2. The number of hydrogen-bond acceptors (Lipinski definition) is 4. The highest BCUT2D eigenvalue weighted by Gasteiger charge is 2.33. The summed E-state index contributed by atoms with van der Waals surface area (Å²) >= 11 is 0. The highest BCUT2D eigenvalue weighted by atomic mass is 19.4. The zero-order chi connectivity index (χ0) is 21.9. The summed E-state index contributed by atoms with van der Waals surface area (Å²) in [6, 6.07) is 5.72. The van der Waals surface area contributed by atoms with Crippen molar-refractivity contribution in [1.82, 2.24) is 9.97 Å². The van der Waals surface area contributed by atoms with Crippen molar-refractivity contribution in [2.75, 3.05) is 11.1 Å². The molecule has 1 aliphatic carbocycles. The summed E-state index contributed by atoms with van der Waals surface area (Å²) in [7, 11) is 0. The minimum atomic E-state index is -4.52. The van der Waals surface area contributed by atoms with Crippen molar-refractivity contribution < 1.29 is 18.0 Å². The van der Waals surface area contributed by atoms with E-state index in [1.165, 1.54) is 12.3 Å². The highest BCUT2D eigenvalue weighted by Crippen LogP contribution is 2.39. The zero-order valence-corrected chi connectivity index (χ0v) is 16.4. The molecule has 5 nitrogen and oxygen atoms in total. The first-order valence-electron chi connectivity index (χ1n) is 9.45. The number of nitrogens with zero attached hydrogens (tertiary/aromatic N) is 2. The molecule has 0 aromatic carbocycles. The van der Waals surface area contributed by atoms with E-state index in [1.54, 1.807) is 19.1 Å². The molecule has 156 valence electrons. The van der Waals surface area contributed by atoms with E-state index < -0.39 is 11.9 Å². The zero-order valence-electron chi connectivity index (χ0n) is 16.4. The van der Waals surface area contributed by atoms with Crippen molar-refractivity contribution in [3.05, 3.63) is 58.6 Å². The number of carbonyl (C=O) groups excluding carboxylic acids is 1. The van der Waals surface area contributed by atoms with Crippen LogP contribution in [0.1, 0.15) is 55.5 Å². The van der Waals surface area contributed by atoms with Gasteiger partial charge in [0.1, 0.15) is 17.2 Å². The maximum absolute atomic E-state index is 12.8. The molecule has 2 heterocycles. The van der Waals surface area contributed by atoms with E-state index in [0.29, 0.717) is 48.2 Å². The molecular formula is C22H21F3N4O. The van der Waals surface area contributed by atoms with Crippen LogP contribution in [0.15, 0.2) is 41.6 Å². The number of halogens is 3. The fraction of sp³-hybridized carbons (Fsp3) is 0.318. The largest absolute Gasteiger partial charge is 0.433 e. The van der Waals surface area contributed by atoms with Gasteiger partial charge >= 0.3 is 6.18 Å². The fourth-order valence-corrected chi connectivity index (χ4v) is 3.58. The van der Waals surface area contributed by atoms with Crippen molar-refractivity contribution in [3.8, 4) is 12.3 Å². The first kappa shape index (κ1) is 21.4. The molecule has 1 aliphatic rings. The Morgan fingerprint density at radius 2 is 1.93 bits per heavy atom. The minimum Gasteiger partial charge on any atom is -0.383 e. The predicted octanol–water partition coefficient (Wildman–Crippen LogP) is 4.67. The van der Waals surface area contributed by atoms with E-state index >= 15 is 0 Å². The van der Waals surface area contributed by atoms with Crippen molar-refractivity contribution in [1.29, 1.82) is 0 Å². The minimum absolute atomic E-state index is 0.0138. The second-order valence-corrected chi connectivity index (χ2v) is 7.20. The first-order valence-corrected chi connectivity index (χ1v) is 9.45. The van der Waals surface area contributed by atoms with E-state index in [1.807, 2.05) is 0 Å². The molecule has 8 heteroatoms. The molecule has 30 heavy (non-hydrogen) atoms. The van der Waals surface area contributed by atoms with Gasteiger partial charge < -0.3 is 11.1 Å². The van der Waals surface area contributed by atoms with E-state index in [4.69, 9.17) is 12.2 Å². The van der Waals surface area contributed by atoms with Crippen molar-refractivity contribution in [2.24, 2.45) is 0 Å². The van der Waals surface area contributed by atoms with Crippen LogP contribution >= 0.6 is 0 Å². The summed E-state index contributed by atoms with van der Waals surface area (Å²) in [5.74, 6) is 2.13. The monoisotopic (exact) mass is 414 g/mol. The SMILES string of the molecule is C#Cc1ccc(NC(=O)C(C)=C2CCC(c3ccc(C(F)(F)F)nc3N)CC2)cn1. The molecule has 1 amide bonds. The third-order valence-electron chi connectivity index (χ3n) is 5.32. The number of nitrogens with one attached hydrogen (secondary N) is 1. The number of nitrogen functional groups attached to an aromatic ring is 1. The number of pyridine rings is 2. The quantitative estimate of drug-likeness (QED) is 0.565. The van der Waals surface area contributed by atoms with Gasteiger partial charge in [0.25, 0.3) is 5.91 Å². The van der Waals surface area contributed by atoms with Gasteiger partial charge in [0.2, 0.25) is 0 Å². The molecule has 0 atom stereocenters. The standard InChI is InChI=1S/C22H21F3N4O/c1-3-16-8-9-17(12-27-16)28-21(30)13(2)14-4-6-15(7-5-14)18-10-11-19(22(23,24)25)29-20(18)26/h1,8-12,15H,4-7H2,2H3,(H2,26,29)(H,28,30). The highest BCUT2D eigenvalue weighted by molar-refractivity contribution is 6.03. The van der Waals surface area contributed by atoms with Gasteiger partial charge in [-0.3, -0.25) is 4.79 Å². The number of terminal acetylenes is 1. The smallest absolute Gasteiger partial charge is 0.383 e. The van der Waals surface area contributed by atoms with Gasteiger partial charge in [-0.15, -0.1) is 6.42 Å². The van der Waals surface area contributed by atoms with Crippen LogP contribution in [-0.4, -0.2) is 15.9 Å². The van der Waals surface area contributed by atoms with Gasteiger partial charge in [-0.2, -0.15) is 13.2 Å². The van der Waals surface area contributed by atoms with Gasteiger partial charge in [0, 0.05) is 5.57 Å². The topological polar surface area (TPSA) is 80.9 Å². The second-order valence-electron chi connectivity index (χ2n) is 7.20. The van der Waals surface area contributed by atoms with E-state index in [-0.39, 0.29) is 17.6 Å².